The number of hydrogen-bond donors (Lipinski definition) is 2. The third-order valence-electron chi connectivity index (χ3n) is 5.44. The number of aryl methyl sites for hydroxylation is 1. The molecule has 1 fully saturated rings. The minimum absolute atomic E-state index is 0.0591. The zero-order valence-corrected chi connectivity index (χ0v) is 16.4. The first-order valence-electron chi connectivity index (χ1n) is 9.48. The number of thiophene rings is 1. The van der Waals surface area contributed by atoms with E-state index in [-0.39, 0.29) is 5.56 Å². The molecule has 1 saturated heterocycles. The molecule has 0 saturated carbocycles. The van der Waals surface area contributed by atoms with Crippen molar-refractivity contribution in [3.8, 4) is 10.4 Å². The van der Waals surface area contributed by atoms with Crippen molar-refractivity contribution in [1.82, 2.24) is 25.1 Å². The van der Waals surface area contributed by atoms with Crippen molar-refractivity contribution in [2.24, 2.45) is 0 Å². The van der Waals surface area contributed by atoms with E-state index in [1.807, 2.05) is 13.0 Å². The zero-order chi connectivity index (χ0) is 19.1. The lowest BCUT2D eigenvalue weighted by atomic mass is 9.99. The molecular weight excluding hydrogens is 370 g/mol. The van der Waals surface area contributed by atoms with Crippen molar-refractivity contribution in [3.05, 3.63) is 70.0 Å². The second kappa shape index (κ2) is 7.00. The highest BCUT2D eigenvalue weighted by molar-refractivity contribution is 7.22. The molecule has 142 valence electrons. The van der Waals surface area contributed by atoms with Gasteiger partial charge in [-0.25, -0.2) is 4.98 Å². The summed E-state index contributed by atoms with van der Waals surface area (Å²) in [5.41, 5.74) is 4.11. The van der Waals surface area contributed by atoms with Crippen molar-refractivity contribution in [2.45, 2.75) is 25.8 Å². The first-order chi connectivity index (χ1) is 13.7. The van der Waals surface area contributed by atoms with E-state index in [0.717, 1.165) is 47.0 Å². The van der Waals surface area contributed by atoms with Crippen LogP contribution in [0, 0.1) is 6.92 Å². The monoisotopic (exact) mass is 391 g/mol. The molecule has 7 heteroatoms. The van der Waals surface area contributed by atoms with E-state index in [9.17, 15) is 4.79 Å². The fraction of sp³-hybridized carbons (Fsp3) is 0.286. The number of aromatic amines is 2. The maximum absolute atomic E-state index is 12.6. The third-order valence-corrected chi connectivity index (χ3v) is 6.60. The summed E-state index contributed by atoms with van der Waals surface area (Å²) in [6.07, 6.45) is 2.93. The molecule has 1 aliphatic heterocycles. The summed E-state index contributed by atoms with van der Waals surface area (Å²) in [5.74, 6) is 1.29. The number of H-pyrrole nitrogens is 2. The topological polar surface area (TPSA) is 77.7 Å². The number of rotatable bonds is 4. The van der Waals surface area contributed by atoms with Crippen LogP contribution in [0.15, 0.2) is 47.4 Å². The van der Waals surface area contributed by atoms with E-state index in [4.69, 9.17) is 4.98 Å². The number of nitrogens with one attached hydrogen (secondary N) is 2. The molecule has 1 aliphatic rings. The van der Waals surface area contributed by atoms with Crippen LogP contribution in [0.3, 0.4) is 0 Å². The Hall–Kier alpha value is -2.77. The quantitative estimate of drug-likeness (QED) is 0.556. The highest BCUT2D eigenvalue weighted by Gasteiger charge is 2.24. The first-order valence-corrected chi connectivity index (χ1v) is 10.3. The maximum atomic E-state index is 12.6. The molecule has 0 bridgehead atoms. The van der Waals surface area contributed by atoms with Gasteiger partial charge in [-0.15, -0.1) is 11.3 Å². The molecule has 0 spiro atoms. The van der Waals surface area contributed by atoms with Gasteiger partial charge in [-0.2, -0.15) is 5.10 Å². The molecular formula is C21H21N5OS. The molecule has 0 amide bonds. The summed E-state index contributed by atoms with van der Waals surface area (Å²) in [5, 5.41) is 7.02. The fourth-order valence-electron chi connectivity index (χ4n) is 3.98. The van der Waals surface area contributed by atoms with Crippen LogP contribution in [0.5, 0.6) is 0 Å². The molecule has 0 aliphatic carbocycles. The second-order valence-electron chi connectivity index (χ2n) is 7.38. The smallest absolute Gasteiger partial charge is 0.268 e. The van der Waals surface area contributed by atoms with Crippen LogP contribution in [0.2, 0.25) is 0 Å². The van der Waals surface area contributed by atoms with E-state index in [0.29, 0.717) is 17.2 Å². The second-order valence-corrected chi connectivity index (χ2v) is 8.43. The van der Waals surface area contributed by atoms with Gasteiger partial charge >= 0.3 is 0 Å². The number of hydrogen-bond acceptors (Lipinski definition) is 5. The Labute approximate surface area is 166 Å². The lowest BCUT2D eigenvalue weighted by Crippen LogP contribution is -2.23. The lowest BCUT2D eigenvalue weighted by molar-refractivity contribution is 0.318. The summed E-state index contributed by atoms with van der Waals surface area (Å²) < 4.78 is 0.669. The van der Waals surface area contributed by atoms with Crippen LogP contribution < -0.4 is 5.56 Å². The molecule has 3 aromatic heterocycles. The van der Waals surface area contributed by atoms with E-state index >= 15 is 0 Å². The van der Waals surface area contributed by atoms with Crippen LogP contribution in [0.1, 0.15) is 29.4 Å². The van der Waals surface area contributed by atoms with E-state index < -0.39 is 0 Å². The van der Waals surface area contributed by atoms with Gasteiger partial charge in [0.2, 0.25) is 0 Å². The molecule has 1 atom stereocenters. The highest BCUT2D eigenvalue weighted by atomic mass is 32.1. The van der Waals surface area contributed by atoms with Gasteiger partial charge in [-0.1, -0.05) is 30.3 Å². The van der Waals surface area contributed by atoms with Gasteiger partial charge in [0.25, 0.3) is 5.56 Å². The Kier molecular flexibility index (Phi) is 4.33. The Morgan fingerprint density at radius 1 is 1.29 bits per heavy atom. The van der Waals surface area contributed by atoms with Crippen LogP contribution in [0.25, 0.3) is 20.7 Å². The van der Waals surface area contributed by atoms with Gasteiger partial charge < -0.3 is 4.98 Å². The average Bonchev–Trinajstić information content (AvgIpc) is 3.42. The van der Waals surface area contributed by atoms with Gasteiger partial charge in [-0.3, -0.25) is 14.8 Å². The molecule has 2 N–H and O–H groups in total. The van der Waals surface area contributed by atoms with Crippen molar-refractivity contribution >= 4 is 21.6 Å². The first kappa shape index (κ1) is 17.3. The van der Waals surface area contributed by atoms with Gasteiger partial charge in [0.15, 0.2) is 0 Å². The predicted octanol–water partition coefficient (Wildman–Crippen LogP) is 3.67. The summed E-state index contributed by atoms with van der Waals surface area (Å²) in [6.45, 7) is 4.66. The van der Waals surface area contributed by atoms with Gasteiger partial charge in [-0.05, 0) is 37.4 Å². The molecule has 4 aromatic rings. The molecule has 28 heavy (non-hydrogen) atoms. The molecule has 6 nitrogen and oxygen atoms in total. The number of aromatic nitrogens is 4. The third kappa shape index (κ3) is 3.16. The van der Waals surface area contributed by atoms with Crippen LogP contribution in [-0.4, -0.2) is 38.2 Å². The molecule has 5 rings (SSSR count). The average molecular weight is 392 g/mol. The van der Waals surface area contributed by atoms with Gasteiger partial charge in [0, 0.05) is 22.7 Å². The van der Waals surface area contributed by atoms with Gasteiger partial charge in [0.05, 0.1) is 18.3 Å². The highest BCUT2D eigenvalue weighted by Crippen LogP contribution is 2.32. The fourth-order valence-corrected chi connectivity index (χ4v) is 5.04. The maximum Gasteiger partial charge on any atom is 0.268 e. The Morgan fingerprint density at radius 2 is 2.14 bits per heavy atom. The number of nitrogens with zero attached hydrogens (tertiary/aromatic N) is 3. The summed E-state index contributed by atoms with van der Waals surface area (Å²) >= 11 is 1.47. The summed E-state index contributed by atoms with van der Waals surface area (Å²) in [4.78, 5) is 23.7. The number of fused-ring (bicyclic) bond motifs is 1. The number of benzene rings is 1. The van der Waals surface area contributed by atoms with Crippen LogP contribution in [0.4, 0.5) is 0 Å². The molecule has 4 heterocycles. The minimum atomic E-state index is -0.0591. The van der Waals surface area contributed by atoms with Crippen molar-refractivity contribution in [3.63, 3.8) is 0 Å². The Balaban J connectivity index is 1.38. The summed E-state index contributed by atoms with van der Waals surface area (Å²) in [7, 11) is 0. The predicted molar refractivity (Wildman–Crippen MR) is 112 cm³/mol. The van der Waals surface area contributed by atoms with E-state index in [2.05, 4.69) is 50.4 Å². The zero-order valence-electron chi connectivity index (χ0n) is 15.6. The minimum Gasteiger partial charge on any atom is -0.308 e. The van der Waals surface area contributed by atoms with E-state index in [1.165, 1.54) is 16.9 Å². The normalized spacial score (nSPS) is 17.5. The number of likely N-dealkylation sites (tertiary alicyclic amines) is 1. The standard InChI is InChI=1S/C21H21N5OS/c1-13-16(10-22-25-13)18-9-17-20(28-18)21(27)24-19(23-17)12-26-8-7-15(11-26)14-5-3-2-4-6-14/h2-6,9-10,15H,7-8,11-12H2,1H3,(H,22,25)(H,23,24,27). The van der Waals surface area contributed by atoms with Crippen molar-refractivity contribution < 1.29 is 0 Å². The van der Waals surface area contributed by atoms with Crippen molar-refractivity contribution in [2.75, 3.05) is 13.1 Å². The Bertz CT molecular complexity index is 1180. The molecule has 0 radical (unpaired) electrons. The van der Waals surface area contributed by atoms with Crippen LogP contribution >= 0.6 is 11.3 Å². The van der Waals surface area contributed by atoms with Gasteiger partial charge in [0.1, 0.15) is 10.5 Å². The van der Waals surface area contributed by atoms with Crippen molar-refractivity contribution in [1.29, 1.82) is 0 Å². The molecule has 1 aromatic carbocycles. The summed E-state index contributed by atoms with van der Waals surface area (Å²) in [6, 6.07) is 12.6. The van der Waals surface area contributed by atoms with E-state index in [1.54, 1.807) is 6.20 Å². The Morgan fingerprint density at radius 3 is 2.93 bits per heavy atom. The largest absolute Gasteiger partial charge is 0.308 e. The molecule has 1 unspecified atom stereocenters. The van der Waals surface area contributed by atoms with Crippen LogP contribution in [-0.2, 0) is 6.54 Å². The lowest BCUT2D eigenvalue weighted by Gasteiger charge is -2.15. The SMILES string of the molecule is Cc1[nH]ncc1-c1cc2nc(CN3CCC(c4ccccc4)C3)[nH]c(=O)c2s1.